The summed E-state index contributed by atoms with van der Waals surface area (Å²) >= 11 is 4.24. The zero-order valence-electron chi connectivity index (χ0n) is 7.10. The lowest BCUT2D eigenvalue weighted by molar-refractivity contribution is 0.498. The molecule has 0 aliphatic rings. The molecule has 0 fully saturated rings. The molecule has 0 bridgehead atoms. The number of hydrogen-bond acceptors (Lipinski definition) is 2. The van der Waals surface area contributed by atoms with E-state index in [9.17, 15) is 13.2 Å². The van der Waals surface area contributed by atoms with Crippen molar-refractivity contribution in [3.8, 4) is 11.3 Å². The van der Waals surface area contributed by atoms with Crippen LogP contribution in [0.4, 0.5) is 13.2 Å². The maximum atomic E-state index is 13.3. The quantitative estimate of drug-likeness (QED) is 0.725. The molecule has 0 aliphatic heterocycles. The molecule has 1 nitrogen and oxygen atoms in total. The van der Waals surface area contributed by atoms with Gasteiger partial charge in [-0.1, -0.05) is 0 Å². The van der Waals surface area contributed by atoms with Crippen molar-refractivity contribution in [2.45, 2.75) is 0 Å². The normalized spacial score (nSPS) is 10.7. The monoisotopic (exact) mass is 293 g/mol. The molecule has 1 aromatic heterocycles. The molecule has 0 amide bonds. The van der Waals surface area contributed by atoms with E-state index in [1.807, 2.05) is 0 Å². The van der Waals surface area contributed by atoms with Crippen LogP contribution < -0.4 is 0 Å². The standard InChI is InChI=1S/C9H3BrF3NS/c10-9-14-6(3-15-9)7-4(11)1-2-5(12)8(7)13/h1-3H. The molecule has 1 heterocycles. The fourth-order valence-electron chi connectivity index (χ4n) is 1.13. The first-order chi connectivity index (χ1) is 7.09. The Hall–Kier alpha value is -0.880. The number of nitrogens with zero attached hydrogens (tertiary/aromatic N) is 1. The summed E-state index contributed by atoms with van der Waals surface area (Å²) in [6.45, 7) is 0. The van der Waals surface area contributed by atoms with Gasteiger partial charge in [0.05, 0.1) is 11.3 Å². The fraction of sp³-hybridized carbons (Fsp3) is 0. The second-order valence-electron chi connectivity index (χ2n) is 2.70. The third-order valence-corrected chi connectivity index (χ3v) is 3.14. The summed E-state index contributed by atoms with van der Waals surface area (Å²) in [5, 5.41) is 1.45. The van der Waals surface area contributed by atoms with E-state index < -0.39 is 23.0 Å². The van der Waals surface area contributed by atoms with Gasteiger partial charge in [-0.05, 0) is 28.1 Å². The SMILES string of the molecule is Fc1ccc(F)c(-c2csc(Br)n2)c1F. The Morgan fingerprint density at radius 1 is 1.13 bits per heavy atom. The molecule has 2 aromatic rings. The predicted molar refractivity (Wildman–Crippen MR) is 55.1 cm³/mol. The van der Waals surface area contributed by atoms with Crippen LogP contribution in [0, 0.1) is 17.5 Å². The Kier molecular flexibility index (Phi) is 2.79. The van der Waals surface area contributed by atoms with Gasteiger partial charge in [0.25, 0.3) is 0 Å². The summed E-state index contributed by atoms with van der Waals surface area (Å²) in [5.41, 5.74) is -0.349. The first-order valence-corrected chi connectivity index (χ1v) is 5.51. The Labute approximate surface area is 95.7 Å². The van der Waals surface area contributed by atoms with E-state index in [1.165, 1.54) is 16.7 Å². The predicted octanol–water partition coefficient (Wildman–Crippen LogP) is 3.99. The summed E-state index contributed by atoms with van der Waals surface area (Å²) in [6.07, 6.45) is 0. The highest BCUT2D eigenvalue weighted by Crippen LogP contribution is 2.30. The smallest absolute Gasteiger partial charge is 0.171 e. The molecule has 15 heavy (non-hydrogen) atoms. The summed E-state index contributed by atoms with van der Waals surface area (Å²) in [4.78, 5) is 3.83. The summed E-state index contributed by atoms with van der Waals surface area (Å²) in [5.74, 6) is -3.13. The van der Waals surface area contributed by atoms with Crippen molar-refractivity contribution in [1.82, 2.24) is 4.98 Å². The minimum absolute atomic E-state index is 0.0846. The van der Waals surface area contributed by atoms with Gasteiger partial charge in [0.2, 0.25) is 0 Å². The van der Waals surface area contributed by atoms with Gasteiger partial charge in [-0.25, -0.2) is 18.2 Å². The Bertz CT molecular complexity index is 512. The van der Waals surface area contributed by atoms with E-state index in [-0.39, 0.29) is 5.69 Å². The molecule has 0 unspecified atom stereocenters. The molecule has 2 rings (SSSR count). The molecule has 0 atom stereocenters. The largest absolute Gasteiger partial charge is 0.229 e. The van der Waals surface area contributed by atoms with Crippen molar-refractivity contribution >= 4 is 27.3 Å². The maximum Gasteiger partial charge on any atom is 0.171 e. The van der Waals surface area contributed by atoms with Crippen molar-refractivity contribution in [3.05, 3.63) is 38.9 Å². The van der Waals surface area contributed by atoms with E-state index in [1.54, 1.807) is 0 Å². The van der Waals surface area contributed by atoms with Gasteiger partial charge in [0.1, 0.15) is 5.82 Å². The zero-order valence-corrected chi connectivity index (χ0v) is 9.50. The molecule has 6 heteroatoms. The highest BCUT2D eigenvalue weighted by Gasteiger charge is 2.17. The van der Waals surface area contributed by atoms with Crippen LogP contribution in [0.1, 0.15) is 0 Å². The first kappa shape index (κ1) is 10.6. The van der Waals surface area contributed by atoms with E-state index in [0.29, 0.717) is 3.92 Å². The van der Waals surface area contributed by atoms with Crippen LogP contribution in [0.15, 0.2) is 21.4 Å². The second-order valence-corrected chi connectivity index (χ2v) is 4.84. The van der Waals surface area contributed by atoms with Gasteiger partial charge in [0, 0.05) is 5.38 Å². The van der Waals surface area contributed by atoms with Crippen LogP contribution in [0.3, 0.4) is 0 Å². The highest BCUT2D eigenvalue weighted by atomic mass is 79.9. The van der Waals surface area contributed by atoms with Gasteiger partial charge in [-0.3, -0.25) is 0 Å². The average Bonchev–Trinajstić information content (AvgIpc) is 2.59. The van der Waals surface area contributed by atoms with Crippen molar-refractivity contribution in [3.63, 3.8) is 0 Å². The van der Waals surface area contributed by atoms with Gasteiger partial charge in [-0.2, -0.15) is 0 Å². The van der Waals surface area contributed by atoms with Gasteiger partial charge in [0.15, 0.2) is 15.6 Å². The first-order valence-electron chi connectivity index (χ1n) is 3.84. The molecule has 0 saturated carbocycles. The van der Waals surface area contributed by atoms with E-state index >= 15 is 0 Å². The molecular weight excluding hydrogens is 291 g/mol. The molecule has 0 radical (unpaired) electrons. The summed E-state index contributed by atoms with van der Waals surface area (Å²) in [6, 6.07) is 1.62. The number of hydrogen-bond donors (Lipinski definition) is 0. The number of benzene rings is 1. The minimum atomic E-state index is -1.21. The van der Waals surface area contributed by atoms with E-state index in [2.05, 4.69) is 20.9 Å². The molecule has 0 aliphatic carbocycles. The third kappa shape index (κ3) is 1.91. The van der Waals surface area contributed by atoms with Crippen LogP contribution in [-0.2, 0) is 0 Å². The van der Waals surface area contributed by atoms with Crippen LogP contribution in [0.25, 0.3) is 11.3 Å². The van der Waals surface area contributed by atoms with Crippen LogP contribution in [0.2, 0.25) is 0 Å². The number of thiazole rings is 1. The lowest BCUT2D eigenvalue weighted by Gasteiger charge is -2.01. The number of rotatable bonds is 1. The zero-order chi connectivity index (χ0) is 11.0. The Morgan fingerprint density at radius 3 is 2.40 bits per heavy atom. The summed E-state index contributed by atoms with van der Waals surface area (Å²) in [7, 11) is 0. The third-order valence-electron chi connectivity index (χ3n) is 1.78. The average molecular weight is 294 g/mol. The Morgan fingerprint density at radius 2 is 1.80 bits per heavy atom. The fourth-order valence-corrected chi connectivity index (χ4v) is 2.13. The van der Waals surface area contributed by atoms with Crippen LogP contribution in [0.5, 0.6) is 0 Å². The molecule has 78 valence electrons. The topological polar surface area (TPSA) is 12.9 Å². The molecular formula is C9H3BrF3NS. The van der Waals surface area contributed by atoms with Gasteiger partial charge >= 0.3 is 0 Å². The lowest BCUT2D eigenvalue weighted by atomic mass is 10.1. The van der Waals surface area contributed by atoms with Gasteiger partial charge < -0.3 is 0 Å². The molecule has 0 N–H and O–H groups in total. The van der Waals surface area contributed by atoms with E-state index in [0.717, 1.165) is 12.1 Å². The second kappa shape index (κ2) is 3.94. The van der Waals surface area contributed by atoms with Crippen molar-refractivity contribution < 1.29 is 13.2 Å². The van der Waals surface area contributed by atoms with Crippen molar-refractivity contribution in [2.75, 3.05) is 0 Å². The van der Waals surface area contributed by atoms with E-state index in [4.69, 9.17) is 0 Å². The minimum Gasteiger partial charge on any atom is -0.229 e. The lowest BCUT2D eigenvalue weighted by Crippen LogP contribution is -1.94. The van der Waals surface area contributed by atoms with Crippen molar-refractivity contribution in [2.24, 2.45) is 0 Å². The Balaban J connectivity index is 2.66. The summed E-state index contributed by atoms with van der Waals surface area (Å²) < 4.78 is 39.9. The van der Waals surface area contributed by atoms with Crippen molar-refractivity contribution in [1.29, 1.82) is 0 Å². The van der Waals surface area contributed by atoms with Crippen LogP contribution in [-0.4, -0.2) is 4.98 Å². The number of aromatic nitrogens is 1. The highest BCUT2D eigenvalue weighted by molar-refractivity contribution is 9.11. The maximum absolute atomic E-state index is 13.3. The molecule has 1 aromatic carbocycles. The molecule has 0 saturated heterocycles. The van der Waals surface area contributed by atoms with Crippen LogP contribution >= 0.6 is 27.3 Å². The molecule has 0 spiro atoms. The van der Waals surface area contributed by atoms with Gasteiger partial charge in [-0.15, -0.1) is 11.3 Å². The number of halogens is 4.